The minimum absolute atomic E-state index is 0.146. The second kappa shape index (κ2) is 7.37. The molecule has 5 nitrogen and oxygen atoms in total. The number of benzene rings is 1. The molecule has 1 aromatic carbocycles. The largest absolute Gasteiger partial charge is 0.387 e. The number of carbonyl (C=O) groups is 1. The van der Waals surface area contributed by atoms with Crippen molar-refractivity contribution in [2.75, 3.05) is 13.1 Å². The van der Waals surface area contributed by atoms with E-state index >= 15 is 0 Å². The number of aliphatic hydroxyl groups excluding tert-OH is 1. The number of nitrogens with zero attached hydrogens (tertiary/aromatic N) is 2. The average molecular weight is 319 g/mol. The van der Waals surface area contributed by atoms with Crippen molar-refractivity contribution in [3.63, 3.8) is 0 Å². The molecular formula is C17H22FN3O2. The van der Waals surface area contributed by atoms with Gasteiger partial charge in [0.05, 0.1) is 24.4 Å². The molecule has 1 aromatic heterocycles. The van der Waals surface area contributed by atoms with Gasteiger partial charge in [0.15, 0.2) is 0 Å². The van der Waals surface area contributed by atoms with Crippen LogP contribution in [0.2, 0.25) is 0 Å². The molecule has 0 bridgehead atoms. The highest BCUT2D eigenvalue weighted by atomic mass is 19.1. The van der Waals surface area contributed by atoms with E-state index in [1.807, 2.05) is 13.8 Å². The fourth-order valence-corrected chi connectivity index (χ4v) is 2.42. The summed E-state index contributed by atoms with van der Waals surface area (Å²) in [6.07, 6.45) is 0.625. The average Bonchev–Trinajstić information content (AvgIpc) is 2.92. The molecule has 0 aliphatic heterocycles. The van der Waals surface area contributed by atoms with Crippen molar-refractivity contribution in [1.82, 2.24) is 15.1 Å². The third kappa shape index (κ3) is 4.39. The van der Waals surface area contributed by atoms with Crippen LogP contribution in [-0.2, 0) is 0 Å². The molecule has 0 saturated carbocycles. The second-order valence-corrected chi connectivity index (χ2v) is 6.08. The SMILES string of the molecule is Cc1[nH]ncc1C(=O)N(CC(C)C)C[C@H](O)c1ccc(F)cc1. The number of rotatable bonds is 6. The van der Waals surface area contributed by atoms with E-state index in [4.69, 9.17) is 0 Å². The molecule has 0 unspecified atom stereocenters. The van der Waals surface area contributed by atoms with Crippen LogP contribution in [0.5, 0.6) is 0 Å². The summed E-state index contributed by atoms with van der Waals surface area (Å²) in [5.74, 6) is -0.275. The van der Waals surface area contributed by atoms with Crippen LogP contribution in [0.15, 0.2) is 30.5 Å². The summed E-state index contributed by atoms with van der Waals surface area (Å²) in [7, 11) is 0. The van der Waals surface area contributed by atoms with Crippen molar-refractivity contribution in [2.45, 2.75) is 26.9 Å². The maximum atomic E-state index is 13.0. The molecule has 2 aromatic rings. The van der Waals surface area contributed by atoms with Crippen LogP contribution in [0.3, 0.4) is 0 Å². The van der Waals surface area contributed by atoms with E-state index in [1.165, 1.54) is 30.5 Å². The summed E-state index contributed by atoms with van der Waals surface area (Å²) >= 11 is 0. The van der Waals surface area contributed by atoms with E-state index < -0.39 is 6.10 Å². The second-order valence-electron chi connectivity index (χ2n) is 6.08. The molecule has 0 aliphatic rings. The minimum Gasteiger partial charge on any atom is -0.387 e. The van der Waals surface area contributed by atoms with Crippen molar-refractivity contribution in [3.05, 3.63) is 53.1 Å². The zero-order valence-corrected chi connectivity index (χ0v) is 13.6. The lowest BCUT2D eigenvalue weighted by molar-refractivity contribution is 0.0594. The van der Waals surface area contributed by atoms with E-state index in [2.05, 4.69) is 10.2 Å². The Morgan fingerprint density at radius 1 is 1.30 bits per heavy atom. The number of amides is 1. The fraction of sp³-hybridized carbons (Fsp3) is 0.412. The number of nitrogens with one attached hydrogen (secondary N) is 1. The lowest BCUT2D eigenvalue weighted by atomic mass is 10.1. The van der Waals surface area contributed by atoms with Gasteiger partial charge >= 0.3 is 0 Å². The first-order valence-corrected chi connectivity index (χ1v) is 7.61. The Labute approximate surface area is 135 Å². The summed E-state index contributed by atoms with van der Waals surface area (Å²) in [4.78, 5) is 14.3. The van der Waals surface area contributed by atoms with Crippen LogP contribution in [0.25, 0.3) is 0 Å². The summed E-state index contributed by atoms with van der Waals surface area (Å²) in [5.41, 5.74) is 1.77. The van der Waals surface area contributed by atoms with Gasteiger partial charge < -0.3 is 10.0 Å². The first-order chi connectivity index (χ1) is 10.9. The molecule has 2 rings (SSSR count). The summed E-state index contributed by atoms with van der Waals surface area (Å²) in [5, 5.41) is 17.0. The number of halogens is 1. The van der Waals surface area contributed by atoms with Crippen LogP contribution in [0, 0.1) is 18.7 Å². The van der Waals surface area contributed by atoms with Crippen molar-refractivity contribution < 1.29 is 14.3 Å². The predicted molar refractivity (Wildman–Crippen MR) is 85.4 cm³/mol. The molecule has 0 radical (unpaired) electrons. The maximum absolute atomic E-state index is 13.0. The first kappa shape index (κ1) is 17.1. The van der Waals surface area contributed by atoms with Crippen LogP contribution in [0.1, 0.15) is 41.6 Å². The number of aromatic nitrogens is 2. The minimum atomic E-state index is -0.870. The highest BCUT2D eigenvalue weighted by molar-refractivity contribution is 5.95. The van der Waals surface area contributed by atoms with Crippen LogP contribution in [0.4, 0.5) is 4.39 Å². The fourth-order valence-electron chi connectivity index (χ4n) is 2.42. The number of hydrogen-bond donors (Lipinski definition) is 2. The Morgan fingerprint density at radius 3 is 2.48 bits per heavy atom. The third-order valence-corrected chi connectivity index (χ3v) is 3.58. The predicted octanol–water partition coefficient (Wildman–Crippen LogP) is 2.69. The molecule has 2 N–H and O–H groups in total. The number of H-pyrrole nitrogens is 1. The van der Waals surface area contributed by atoms with E-state index in [1.54, 1.807) is 11.8 Å². The van der Waals surface area contributed by atoms with Gasteiger partial charge in [0.1, 0.15) is 5.82 Å². The Morgan fingerprint density at radius 2 is 1.96 bits per heavy atom. The zero-order chi connectivity index (χ0) is 17.0. The Bertz CT molecular complexity index is 652. The summed E-state index contributed by atoms with van der Waals surface area (Å²) < 4.78 is 13.0. The summed E-state index contributed by atoms with van der Waals surface area (Å²) in [6.45, 7) is 6.46. The number of carbonyl (C=O) groups excluding carboxylic acids is 1. The zero-order valence-electron chi connectivity index (χ0n) is 13.6. The van der Waals surface area contributed by atoms with Gasteiger partial charge in [-0.15, -0.1) is 0 Å². The highest BCUT2D eigenvalue weighted by Gasteiger charge is 2.23. The van der Waals surface area contributed by atoms with Crippen LogP contribution >= 0.6 is 0 Å². The van der Waals surface area contributed by atoms with Crippen molar-refractivity contribution in [3.8, 4) is 0 Å². The molecule has 6 heteroatoms. The van der Waals surface area contributed by atoms with Crippen molar-refractivity contribution in [1.29, 1.82) is 0 Å². The van der Waals surface area contributed by atoms with Gasteiger partial charge in [0.2, 0.25) is 0 Å². The van der Waals surface area contributed by atoms with Gasteiger partial charge in [-0.2, -0.15) is 5.10 Å². The van der Waals surface area contributed by atoms with Gasteiger partial charge in [0.25, 0.3) is 5.91 Å². The maximum Gasteiger partial charge on any atom is 0.257 e. The third-order valence-electron chi connectivity index (χ3n) is 3.58. The molecule has 1 amide bonds. The lowest BCUT2D eigenvalue weighted by Gasteiger charge is -2.27. The van der Waals surface area contributed by atoms with Crippen LogP contribution in [-0.4, -0.2) is 39.2 Å². The van der Waals surface area contributed by atoms with Crippen LogP contribution < -0.4 is 0 Å². The number of aliphatic hydroxyl groups is 1. The topological polar surface area (TPSA) is 69.2 Å². The van der Waals surface area contributed by atoms with Gasteiger partial charge in [-0.05, 0) is 30.5 Å². The van der Waals surface area contributed by atoms with Gasteiger partial charge in [-0.3, -0.25) is 9.89 Å². The first-order valence-electron chi connectivity index (χ1n) is 7.61. The van der Waals surface area contributed by atoms with E-state index in [0.717, 1.165) is 0 Å². The van der Waals surface area contributed by atoms with E-state index in [-0.39, 0.29) is 24.2 Å². The lowest BCUT2D eigenvalue weighted by Crippen LogP contribution is -2.37. The number of aromatic amines is 1. The Hall–Kier alpha value is -2.21. The van der Waals surface area contributed by atoms with Crippen molar-refractivity contribution in [2.24, 2.45) is 5.92 Å². The van der Waals surface area contributed by atoms with E-state index in [9.17, 15) is 14.3 Å². The van der Waals surface area contributed by atoms with Gasteiger partial charge in [-0.25, -0.2) is 4.39 Å². The van der Waals surface area contributed by atoms with Gasteiger partial charge in [0, 0.05) is 12.2 Å². The highest BCUT2D eigenvalue weighted by Crippen LogP contribution is 2.18. The molecular weight excluding hydrogens is 297 g/mol. The molecule has 0 saturated heterocycles. The van der Waals surface area contributed by atoms with E-state index in [0.29, 0.717) is 23.4 Å². The molecule has 0 aliphatic carbocycles. The number of aryl methyl sites for hydroxylation is 1. The normalized spacial score (nSPS) is 12.4. The molecule has 0 fully saturated rings. The summed E-state index contributed by atoms with van der Waals surface area (Å²) in [6, 6.07) is 5.66. The standard InChI is InChI=1S/C17H22FN3O2/c1-11(2)9-21(17(23)15-8-19-20-12(15)3)10-16(22)13-4-6-14(18)7-5-13/h4-8,11,16,22H,9-10H2,1-3H3,(H,19,20)/t16-/m0/s1. The molecule has 1 heterocycles. The molecule has 0 spiro atoms. The monoisotopic (exact) mass is 319 g/mol. The molecule has 124 valence electrons. The van der Waals surface area contributed by atoms with Gasteiger partial charge in [-0.1, -0.05) is 26.0 Å². The Balaban J connectivity index is 2.16. The molecule has 1 atom stereocenters. The smallest absolute Gasteiger partial charge is 0.257 e. The Kier molecular flexibility index (Phi) is 5.50. The molecule has 23 heavy (non-hydrogen) atoms. The quantitative estimate of drug-likeness (QED) is 0.860. The number of hydrogen-bond acceptors (Lipinski definition) is 3. The van der Waals surface area contributed by atoms with Crippen molar-refractivity contribution >= 4 is 5.91 Å².